The van der Waals surface area contributed by atoms with Crippen LogP contribution < -0.4 is 0 Å². The smallest absolute Gasteiger partial charge is 0.419 e. The first kappa shape index (κ1) is 41.2. The Labute approximate surface area is 297 Å². The van der Waals surface area contributed by atoms with Crippen molar-refractivity contribution in [2.24, 2.45) is 0 Å². The monoisotopic (exact) mass is 718 g/mol. The van der Waals surface area contributed by atoms with E-state index in [0.29, 0.717) is 19.5 Å². The Bertz CT molecular complexity index is 1520. The molecule has 50 heavy (non-hydrogen) atoms. The van der Waals surface area contributed by atoms with E-state index in [0.717, 1.165) is 21.6 Å². The Morgan fingerprint density at radius 3 is 2.02 bits per heavy atom. The van der Waals surface area contributed by atoms with Crippen molar-refractivity contribution in [3.05, 3.63) is 59.9 Å². The van der Waals surface area contributed by atoms with Crippen LogP contribution in [0.2, 0.25) is 0 Å². The highest BCUT2D eigenvalue weighted by Gasteiger charge is 2.59. The van der Waals surface area contributed by atoms with Gasteiger partial charge in [0.1, 0.15) is 22.6 Å². The fraction of sp³-hybridized carbons (Fsp3) is 0.605. The molecular weight excluding hydrogens is 662 g/mol. The van der Waals surface area contributed by atoms with Gasteiger partial charge in [0.2, 0.25) is 7.37 Å². The van der Waals surface area contributed by atoms with Gasteiger partial charge in [-0.25, -0.2) is 18.9 Å². The first-order chi connectivity index (χ1) is 23.1. The summed E-state index contributed by atoms with van der Waals surface area (Å²) >= 11 is 0. The van der Waals surface area contributed by atoms with Crippen molar-refractivity contribution in [1.29, 1.82) is 0 Å². The van der Waals surface area contributed by atoms with Crippen LogP contribution in [0.1, 0.15) is 94.1 Å². The lowest BCUT2D eigenvalue weighted by Gasteiger charge is -2.46. The minimum absolute atomic E-state index is 0.0438. The van der Waals surface area contributed by atoms with Crippen molar-refractivity contribution in [3.63, 3.8) is 0 Å². The minimum atomic E-state index is -3.64. The zero-order valence-corrected chi connectivity index (χ0v) is 32.4. The molecular formula is C38H56FN2O8P. The average Bonchev–Trinajstić information content (AvgIpc) is 2.96. The van der Waals surface area contributed by atoms with Gasteiger partial charge >= 0.3 is 18.2 Å². The van der Waals surface area contributed by atoms with Crippen LogP contribution in [-0.4, -0.2) is 82.3 Å². The van der Waals surface area contributed by atoms with Crippen molar-refractivity contribution in [3.8, 4) is 11.1 Å². The molecule has 0 bridgehead atoms. The molecule has 3 rings (SSSR count). The standard InChI is InChI=1S/C38H56FN2O8P/c1-11-46-50(45)24-23-40(26-29-17-12-13-20-31(29)28-18-16-19-30(39)25-28)27-38(50,32(42)47-35(2,3)4)21-14-15-22-41(33(43)48-36(5,6)7)34(44)49-37(8,9)10/h12-13,16-20,25H,11,14-15,21-24,26-27H2,1-10H3. The fourth-order valence-corrected chi connectivity index (χ4v) is 8.92. The molecule has 0 saturated carbocycles. The SMILES string of the molecule is CCOP1(=O)CCN(Cc2ccccc2-c2cccc(F)c2)CC1(CCCCN(C(=O)OC(C)(C)C)C(=O)OC(C)(C)C)C(=O)OC(C)(C)C. The summed E-state index contributed by atoms with van der Waals surface area (Å²) in [4.78, 5) is 43.5. The molecule has 0 aromatic heterocycles. The maximum Gasteiger partial charge on any atom is 0.419 e. The number of nitrogens with zero attached hydrogens (tertiary/aromatic N) is 2. The molecule has 278 valence electrons. The van der Waals surface area contributed by atoms with Gasteiger partial charge in [-0.15, -0.1) is 0 Å². The molecule has 2 unspecified atom stereocenters. The maximum atomic E-state index is 14.8. The van der Waals surface area contributed by atoms with E-state index in [9.17, 15) is 23.3 Å². The highest BCUT2D eigenvalue weighted by molar-refractivity contribution is 7.62. The molecule has 2 amide bonds. The Morgan fingerprint density at radius 2 is 1.46 bits per heavy atom. The zero-order valence-electron chi connectivity index (χ0n) is 31.5. The van der Waals surface area contributed by atoms with Crippen molar-refractivity contribution >= 4 is 25.5 Å². The van der Waals surface area contributed by atoms with Crippen LogP contribution in [0.4, 0.5) is 14.0 Å². The number of benzene rings is 2. The molecule has 0 radical (unpaired) electrons. The van der Waals surface area contributed by atoms with Crippen LogP contribution in [0, 0.1) is 5.82 Å². The minimum Gasteiger partial charge on any atom is -0.459 e. The Hall–Kier alpha value is -3.27. The number of amides is 2. The largest absolute Gasteiger partial charge is 0.459 e. The summed E-state index contributed by atoms with van der Waals surface area (Å²) in [5.74, 6) is -0.949. The molecule has 12 heteroatoms. The number of rotatable bonds is 11. The second-order valence-electron chi connectivity index (χ2n) is 15.8. The highest BCUT2D eigenvalue weighted by atomic mass is 31.2. The van der Waals surface area contributed by atoms with Crippen LogP contribution in [0.15, 0.2) is 48.5 Å². The van der Waals surface area contributed by atoms with E-state index >= 15 is 0 Å². The maximum absolute atomic E-state index is 14.8. The average molecular weight is 719 g/mol. The van der Waals surface area contributed by atoms with Gasteiger partial charge in [-0.05, 0) is 117 Å². The first-order valence-electron chi connectivity index (χ1n) is 17.3. The van der Waals surface area contributed by atoms with Gasteiger partial charge in [0, 0.05) is 32.3 Å². The van der Waals surface area contributed by atoms with E-state index in [2.05, 4.69) is 4.90 Å². The van der Waals surface area contributed by atoms with E-state index in [1.807, 2.05) is 30.3 Å². The van der Waals surface area contributed by atoms with Crippen LogP contribution in [0.3, 0.4) is 0 Å². The summed E-state index contributed by atoms with van der Waals surface area (Å²) in [5, 5.41) is -1.52. The van der Waals surface area contributed by atoms with Crippen molar-refractivity contribution in [1.82, 2.24) is 9.80 Å². The van der Waals surface area contributed by atoms with Crippen LogP contribution in [0.25, 0.3) is 11.1 Å². The normalized spacial score (nSPS) is 20.2. The predicted octanol–water partition coefficient (Wildman–Crippen LogP) is 9.05. The number of unbranched alkanes of at least 4 members (excludes halogenated alkanes) is 1. The number of imide groups is 1. The number of carbonyl (C=O) groups excluding carboxylic acids is 3. The number of hydrogen-bond acceptors (Lipinski definition) is 9. The third-order valence-electron chi connectivity index (χ3n) is 7.96. The molecule has 1 aliphatic rings. The number of ether oxygens (including phenoxy) is 3. The van der Waals surface area contributed by atoms with E-state index in [1.54, 1.807) is 75.3 Å². The summed E-state index contributed by atoms with van der Waals surface area (Å²) in [6.07, 6.45) is -0.838. The zero-order chi connectivity index (χ0) is 37.5. The van der Waals surface area contributed by atoms with Crippen molar-refractivity contribution in [2.75, 3.05) is 32.4 Å². The molecule has 0 aliphatic carbocycles. The lowest BCUT2D eigenvalue weighted by Crippen LogP contribution is -2.56. The number of carbonyl (C=O) groups is 3. The van der Waals surface area contributed by atoms with E-state index in [1.165, 1.54) is 12.1 Å². The van der Waals surface area contributed by atoms with E-state index in [-0.39, 0.29) is 44.5 Å². The van der Waals surface area contributed by atoms with E-state index in [4.69, 9.17) is 18.7 Å². The second-order valence-corrected chi connectivity index (χ2v) is 18.7. The molecule has 10 nitrogen and oxygen atoms in total. The molecule has 0 N–H and O–H groups in total. The van der Waals surface area contributed by atoms with Gasteiger partial charge in [0.05, 0.1) is 6.61 Å². The van der Waals surface area contributed by atoms with Gasteiger partial charge in [0.25, 0.3) is 0 Å². The van der Waals surface area contributed by atoms with Gasteiger partial charge in [-0.1, -0.05) is 36.4 Å². The second kappa shape index (κ2) is 16.4. The molecule has 2 atom stereocenters. The molecule has 2 aromatic carbocycles. The summed E-state index contributed by atoms with van der Waals surface area (Å²) < 4.78 is 52.0. The third-order valence-corrected chi connectivity index (χ3v) is 11.3. The summed E-state index contributed by atoms with van der Waals surface area (Å²) in [6.45, 7) is 18.3. The predicted molar refractivity (Wildman–Crippen MR) is 193 cm³/mol. The topological polar surface area (TPSA) is 112 Å². The van der Waals surface area contributed by atoms with E-state index < -0.39 is 47.5 Å². The van der Waals surface area contributed by atoms with Crippen molar-refractivity contribution in [2.45, 2.75) is 117 Å². The number of esters is 1. The quantitative estimate of drug-likeness (QED) is 0.0972. The number of hydrogen-bond donors (Lipinski definition) is 0. The highest BCUT2D eigenvalue weighted by Crippen LogP contribution is 2.64. The van der Waals surface area contributed by atoms with Gasteiger partial charge < -0.3 is 18.7 Å². The molecule has 0 spiro atoms. The molecule has 1 fully saturated rings. The Morgan fingerprint density at radius 1 is 0.860 bits per heavy atom. The lowest BCUT2D eigenvalue weighted by atomic mass is 9.96. The molecule has 1 saturated heterocycles. The summed E-state index contributed by atoms with van der Waals surface area (Å²) in [6, 6.07) is 14.1. The number of halogens is 1. The molecule has 1 heterocycles. The summed E-state index contributed by atoms with van der Waals surface area (Å²) in [5.41, 5.74) is -0.0390. The van der Waals surface area contributed by atoms with Crippen LogP contribution in [0.5, 0.6) is 0 Å². The fourth-order valence-electron chi connectivity index (χ4n) is 5.92. The van der Waals surface area contributed by atoms with Gasteiger partial charge in [-0.2, -0.15) is 0 Å². The third kappa shape index (κ3) is 11.4. The molecule has 1 aliphatic heterocycles. The Kier molecular flexibility index (Phi) is 13.5. The lowest BCUT2D eigenvalue weighted by molar-refractivity contribution is -0.160. The van der Waals surface area contributed by atoms with Crippen LogP contribution in [-0.2, 0) is 34.6 Å². The first-order valence-corrected chi connectivity index (χ1v) is 19.2. The van der Waals surface area contributed by atoms with Crippen LogP contribution >= 0.6 is 7.37 Å². The molecule has 2 aromatic rings. The van der Waals surface area contributed by atoms with Gasteiger partial charge in [0.15, 0.2) is 5.16 Å². The Balaban J connectivity index is 1.95. The summed E-state index contributed by atoms with van der Waals surface area (Å²) in [7, 11) is -3.64. The van der Waals surface area contributed by atoms with Crippen molar-refractivity contribution < 1.29 is 42.1 Å². The van der Waals surface area contributed by atoms with Gasteiger partial charge in [-0.3, -0.25) is 14.3 Å².